The van der Waals surface area contributed by atoms with E-state index in [2.05, 4.69) is 17.6 Å². The molecule has 0 N–H and O–H groups in total. The summed E-state index contributed by atoms with van der Waals surface area (Å²) in [5.74, 6) is 0.902. The van der Waals surface area contributed by atoms with Gasteiger partial charge in [0.1, 0.15) is 0 Å². The Morgan fingerprint density at radius 2 is 2.38 bits per heavy atom. The normalized spacial score (nSPS) is 17.0. The molecule has 0 radical (unpaired) electrons. The molecule has 2 heteroatoms. The quantitative estimate of drug-likeness (QED) is 0.686. The van der Waals surface area contributed by atoms with Crippen LogP contribution in [0.1, 0.15) is 18.5 Å². The Hall–Kier alpha value is -1.18. The van der Waals surface area contributed by atoms with E-state index in [9.17, 15) is 0 Å². The first-order valence-corrected chi connectivity index (χ1v) is 4.88. The topological polar surface area (TPSA) is 18.1 Å². The maximum atomic E-state index is 5.46. The lowest BCUT2D eigenvalue weighted by atomic mass is 10.4. The molecule has 0 amide bonds. The molecule has 2 heterocycles. The van der Waals surface area contributed by atoms with Crippen molar-refractivity contribution in [3.63, 3.8) is 0 Å². The average Bonchev–Trinajstić information content (AvgIpc) is 2.74. The summed E-state index contributed by atoms with van der Waals surface area (Å²) in [5, 5.41) is 1.23. The summed E-state index contributed by atoms with van der Waals surface area (Å²) in [5.41, 5.74) is 2.37. The minimum atomic E-state index is 0.902. The molecule has 0 spiro atoms. The van der Waals surface area contributed by atoms with Crippen LogP contribution < -0.4 is 0 Å². The molecule has 3 rings (SSSR count). The molecule has 68 valence electrons. The lowest BCUT2D eigenvalue weighted by Crippen LogP contribution is -2.00. The van der Waals surface area contributed by atoms with Crippen LogP contribution in [0.3, 0.4) is 0 Å². The highest BCUT2D eigenvalue weighted by Crippen LogP contribution is 2.33. The number of furan rings is 1. The lowest BCUT2D eigenvalue weighted by molar-refractivity contribution is 0.539. The molecule has 2 aromatic heterocycles. The zero-order valence-corrected chi connectivity index (χ0v) is 7.79. The first-order chi connectivity index (χ1) is 6.34. The van der Waals surface area contributed by atoms with Gasteiger partial charge in [0.05, 0.1) is 6.26 Å². The molecule has 0 atom stereocenters. The van der Waals surface area contributed by atoms with Gasteiger partial charge in [-0.3, -0.25) is 0 Å². The zero-order valence-electron chi connectivity index (χ0n) is 7.79. The average molecular weight is 175 g/mol. The summed E-state index contributed by atoms with van der Waals surface area (Å²) in [7, 11) is 0. The van der Waals surface area contributed by atoms with Gasteiger partial charge in [-0.15, -0.1) is 0 Å². The van der Waals surface area contributed by atoms with Gasteiger partial charge in [0.15, 0.2) is 0 Å². The third-order valence-electron chi connectivity index (χ3n) is 2.85. The number of hydrogen-bond donors (Lipinski definition) is 0. The van der Waals surface area contributed by atoms with Crippen LogP contribution in [0.2, 0.25) is 0 Å². The molecule has 0 aliphatic heterocycles. The van der Waals surface area contributed by atoms with Crippen molar-refractivity contribution in [1.82, 2.24) is 4.57 Å². The van der Waals surface area contributed by atoms with Crippen LogP contribution in [0.25, 0.3) is 11.1 Å². The maximum Gasteiger partial charge on any atom is 0.206 e. The largest absolute Gasteiger partial charge is 0.448 e. The summed E-state index contributed by atoms with van der Waals surface area (Å²) < 4.78 is 7.76. The number of nitrogens with zero attached hydrogens (tertiary/aromatic N) is 1. The van der Waals surface area contributed by atoms with Crippen molar-refractivity contribution in [2.45, 2.75) is 26.3 Å². The first-order valence-electron chi connectivity index (χ1n) is 4.88. The van der Waals surface area contributed by atoms with Crippen molar-refractivity contribution in [1.29, 1.82) is 0 Å². The molecule has 2 aromatic rings. The van der Waals surface area contributed by atoms with E-state index in [4.69, 9.17) is 4.42 Å². The van der Waals surface area contributed by atoms with E-state index in [1.54, 1.807) is 6.26 Å². The molecule has 2 nitrogen and oxygen atoms in total. The second kappa shape index (κ2) is 2.41. The van der Waals surface area contributed by atoms with E-state index in [0.717, 1.165) is 18.2 Å². The second-order valence-corrected chi connectivity index (χ2v) is 4.02. The van der Waals surface area contributed by atoms with Crippen LogP contribution in [0.5, 0.6) is 0 Å². The Bertz CT molecular complexity index is 434. The molecular weight excluding hydrogens is 162 g/mol. The molecule has 1 fully saturated rings. The van der Waals surface area contributed by atoms with Gasteiger partial charge < -0.3 is 8.98 Å². The number of rotatable bonds is 2. The number of hydrogen-bond acceptors (Lipinski definition) is 1. The monoisotopic (exact) mass is 175 g/mol. The standard InChI is InChI=1S/C11H13NO/c1-8-6-10-4-5-13-11(10)12(8)7-9-2-3-9/h4-6,9H,2-3,7H2,1H3. The lowest BCUT2D eigenvalue weighted by Gasteiger charge is -2.03. The Morgan fingerprint density at radius 1 is 1.54 bits per heavy atom. The van der Waals surface area contributed by atoms with Gasteiger partial charge in [-0.25, -0.2) is 0 Å². The summed E-state index contributed by atoms with van der Waals surface area (Å²) in [6.45, 7) is 3.29. The van der Waals surface area contributed by atoms with Gasteiger partial charge in [-0.2, -0.15) is 0 Å². The van der Waals surface area contributed by atoms with E-state index < -0.39 is 0 Å². The van der Waals surface area contributed by atoms with Crippen molar-refractivity contribution >= 4 is 11.1 Å². The molecule has 0 saturated heterocycles. The SMILES string of the molecule is Cc1cc2ccoc2n1CC1CC1. The maximum absolute atomic E-state index is 5.46. The zero-order chi connectivity index (χ0) is 8.84. The second-order valence-electron chi connectivity index (χ2n) is 4.02. The molecular formula is C11H13NO. The summed E-state index contributed by atoms with van der Waals surface area (Å²) in [6, 6.07) is 4.23. The predicted molar refractivity (Wildman–Crippen MR) is 51.7 cm³/mol. The Balaban J connectivity index is 2.11. The molecule has 0 unspecified atom stereocenters. The van der Waals surface area contributed by atoms with Gasteiger partial charge in [0.2, 0.25) is 5.71 Å². The molecule has 0 bridgehead atoms. The number of aryl methyl sites for hydroxylation is 1. The van der Waals surface area contributed by atoms with Crippen LogP contribution in [-0.2, 0) is 6.54 Å². The molecule has 1 aliphatic carbocycles. The van der Waals surface area contributed by atoms with Crippen molar-refractivity contribution < 1.29 is 4.42 Å². The van der Waals surface area contributed by atoms with E-state index >= 15 is 0 Å². The van der Waals surface area contributed by atoms with E-state index in [-0.39, 0.29) is 0 Å². The van der Waals surface area contributed by atoms with Gasteiger partial charge in [0.25, 0.3) is 0 Å². The summed E-state index contributed by atoms with van der Waals surface area (Å²) in [4.78, 5) is 0. The first kappa shape index (κ1) is 7.25. The predicted octanol–water partition coefficient (Wildman–Crippen LogP) is 2.95. The minimum absolute atomic E-state index is 0.902. The Kier molecular flexibility index (Phi) is 1.34. The minimum Gasteiger partial charge on any atom is -0.448 e. The Labute approximate surface area is 77.1 Å². The van der Waals surface area contributed by atoms with Crippen LogP contribution in [-0.4, -0.2) is 4.57 Å². The molecule has 1 saturated carbocycles. The van der Waals surface area contributed by atoms with E-state index in [1.807, 2.05) is 6.07 Å². The third-order valence-corrected chi connectivity index (χ3v) is 2.85. The highest BCUT2D eigenvalue weighted by atomic mass is 16.3. The van der Waals surface area contributed by atoms with Crippen LogP contribution >= 0.6 is 0 Å². The van der Waals surface area contributed by atoms with Gasteiger partial charge in [-0.05, 0) is 37.8 Å². The van der Waals surface area contributed by atoms with Crippen molar-refractivity contribution in [2.75, 3.05) is 0 Å². The van der Waals surface area contributed by atoms with Crippen LogP contribution in [0, 0.1) is 12.8 Å². The van der Waals surface area contributed by atoms with Crippen LogP contribution in [0.4, 0.5) is 0 Å². The van der Waals surface area contributed by atoms with Crippen molar-refractivity contribution in [3.05, 3.63) is 24.1 Å². The number of aromatic nitrogens is 1. The van der Waals surface area contributed by atoms with Gasteiger partial charge in [0, 0.05) is 17.6 Å². The van der Waals surface area contributed by atoms with Crippen molar-refractivity contribution in [3.8, 4) is 0 Å². The van der Waals surface area contributed by atoms with Gasteiger partial charge in [-0.1, -0.05) is 0 Å². The smallest absolute Gasteiger partial charge is 0.206 e. The molecule has 13 heavy (non-hydrogen) atoms. The molecule has 1 aliphatic rings. The third kappa shape index (κ3) is 1.09. The fraction of sp³-hybridized carbons (Fsp3) is 0.455. The highest BCUT2D eigenvalue weighted by Gasteiger charge is 2.23. The van der Waals surface area contributed by atoms with Crippen molar-refractivity contribution in [2.24, 2.45) is 5.92 Å². The fourth-order valence-electron chi connectivity index (χ4n) is 1.89. The van der Waals surface area contributed by atoms with Crippen LogP contribution in [0.15, 0.2) is 22.8 Å². The summed E-state index contributed by atoms with van der Waals surface area (Å²) in [6.07, 6.45) is 4.55. The fourth-order valence-corrected chi connectivity index (χ4v) is 1.89. The van der Waals surface area contributed by atoms with Gasteiger partial charge >= 0.3 is 0 Å². The van der Waals surface area contributed by atoms with E-state index in [0.29, 0.717) is 0 Å². The number of fused-ring (bicyclic) bond motifs is 1. The summed E-state index contributed by atoms with van der Waals surface area (Å²) >= 11 is 0. The Morgan fingerprint density at radius 3 is 3.15 bits per heavy atom. The van der Waals surface area contributed by atoms with E-state index in [1.165, 1.54) is 23.9 Å². The highest BCUT2D eigenvalue weighted by molar-refractivity contribution is 5.75. The molecule has 0 aromatic carbocycles.